The zero-order valence-corrected chi connectivity index (χ0v) is 15.5. The SMILES string of the molecule is O=C(Cc1ccccc1Sc1c[nH]c2ccccc12)N1CCSCC1. The van der Waals surface area contributed by atoms with Gasteiger partial charge in [-0.25, -0.2) is 0 Å². The molecule has 1 aliphatic rings. The smallest absolute Gasteiger partial charge is 0.227 e. The van der Waals surface area contributed by atoms with Gasteiger partial charge in [0, 0.05) is 51.5 Å². The van der Waals surface area contributed by atoms with Gasteiger partial charge in [0.25, 0.3) is 0 Å². The topological polar surface area (TPSA) is 36.1 Å². The number of aromatic nitrogens is 1. The van der Waals surface area contributed by atoms with Crippen LogP contribution in [0.1, 0.15) is 5.56 Å². The second-order valence-corrected chi connectivity index (χ2v) is 8.39. The Balaban J connectivity index is 1.55. The van der Waals surface area contributed by atoms with Crippen molar-refractivity contribution >= 4 is 40.3 Å². The molecule has 4 rings (SSSR count). The van der Waals surface area contributed by atoms with Gasteiger partial charge in [0.1, 0.15) is 0 Å². The third-order valence-corrected chi connectivity index (χ3v) is 6.57. The van der Waals surface area contributed by atoms with E-state index in [0.29, 0.717) is 6.42 Å². The number of carbonyl (C=O) groups excluding carboxylic acids is 1. The largest absolute Gasteiger partial charge is 0.360 e. The van der Waals surface area contributed by atoms with Crippen molar-refractivity contribution in [3.8, 4) is 0 Å². The van der Waals surface area contributed by atoms with Gasteiger partial charge >= 0.3 is 0 Å². The van der Waals surface area contributed by atoms with E-state index in [4.69, 9.17) is 0 Å². The number of thioether (sulfide) groups is 1. The number of H-pyrrole nitrogens is 1. The summed E-state index contributed by atoms with van der Waals surface area (Å²) in [5.41, 5.74) is 2.25. The molecule has 1 aliphatic heterocycles. The number of para-hydroxylation sites is 1. The summed E-state index contributed by atoms with van der Waals surface area (Å²) in [6, 6.07) is 16.6. The Morgan fingerprint density at radius 2 is 1.80 bits per heavy atom. The van der Waals surface area contributed by atoms with E-state index in [1.54, 1.807) is 11.8 Å². The summed E-state index contributed by atoms with van der Waals surface area (Å²) >= 11 is 3.66. The van der Waals surface area contributed by atoms with Crippen molar-refractivity contribution in [3.63, 3.8) is 0 Å². The highest BCUT2D eigenvalue weighted by Crippen LogP contribution is 2.35. The Labute approximate surface area is 156 Å². The summed E-state index contributed by atoms with van der Waals surface area (Å²) in [7, 11) is 0. The Hall–Kier alpha value is -1.85. The van der Waals surface area contributed by atoms with Crippen LogP contribution in [0.25, 0.3) is 10.9 Å². The molecule has 0 spiro atoms. The van der Waals surface area contributed by atoms with Gasteiger partial charge < -0.3 is 9.88 Å². The fourth-order valence-electron chi connectivity index (χ4n) is 3.08. The summed E-state index contributed by atoms with van der Waals surface area (Å²) in [4.78, 5) is 20.3. The van der Waals surface area contributed by atoms with Crippen molar-refractivity contribution in [2.24, 2.45) is 0 Å². The Morgan fingerprint density at radius 1 is 1.04 bits per heavy atom. The van der Waals surface area contributed by atoms with E-state index in [1.807, 2.05) is 34.9 Å². The van der Waals surface area contributed by atoms with Crippen molar-refractivity contribution in [1.82, 2.24) is 9.88 Å². The predicted molar refractivity (Wildman–Crippen MR) is 106 cm³/mol. The molecule has 2 heterocycles. The highest BCUT2D eigenvalue weighted by atomic mass is 32.2. The summed E-state index contributed by atoms with van der Waals surface area (Å²) in [5, 5.41) is 1.22. The lowest BCUT2D eigenvalue weighted by Gasteiger charge is -2.26. The molecule has 1 saturated heterocycles. The van der Waals surface area contributed by atoms with E-state index in [1.165, 1.54) is 10.3 Å². The van der Waals surface area contributed by atoms with Crippen LogP contribution in [-0.2, 0) is 11.2 Å². The number of amides is 1. The maximum atomic E-state index is 12.6. The van der Waals surface area contributed by atoms with Crippen LogP contribution in [0.15, 0.2) is 64.5 Å². The van der Waals surface area contributed by atoms with E-state index in [0.717, 1.165) is 40.6 Å². The van der Waals surface area contributed by atoms with Crippen molar-refractivity contribution in [3.05, 3.63) is 60.3 Å². The summed E-state index contributed by atoms with van der Waals surface area (Å²) < 4.78 is 0. The van der Waals surface area contributed by atoms with Gasteiger partial charge in [-0.05, 0) is 17.7 Å². The highest BCUT2D eigenvalue weighted by molar-refractivity contribution is 7.99. The minimum atomic E-state index is 0.243. The number of rotatable bonds is 4. The van der Waals surface area contributed by atoms with E-state index < -0.39 is 0 Å². The van der Waals surface area contributed by atoms with Crippen LogP contribution >= 0.6 is 23.5 Å². The van der Waals surface area contributed by atoms with Crippen LogP contribution < -0.4 is 0 Å². The number of hydrogen-bond acceptors (Lipinski definition) is 3. The molecule has 0 bridgehead atoms. The van der Waals surface area contributed by atoms with Crippen LogP contribution in [0.4, 0.5) is 0 Å². The second kappa shape index (κ2) is 7.58. The highest BCUT2D eigenvalue weighted by Gasteiger charge is 2.18. The van der Waals surface area contributed by atoms with Gasteiger partial charge in [0.05, 0.1) is 6.42 Å². The Morgan fingerprint density at radius 3 is 2.68 bits per heavy atom. The molecular weight excluding hydrogens is 348 g/mol. The number of aromatic amines is 1. The molecule has 5 heteroatoms. The Kier molecular flexibility index (Phi) is 5.04. The van der Waals surface area contributed by atoms with Gasteiger partial charge in [0.2, 0.25) is 5.91 Å². The molecular formula is C20H20N2OS2. The number of fused-ring (bicyclic) bond motifs is 1. The summed E-state index contributed by atoms with van der Waals surface area (Å²) in [6.45, 7) is 1.75. The van der Waals surface area contributed by atoms with Crippen LogP contribution in [0.2, 0.25) is 0 Å². The molecule has 3 aromatic rings. The number of nitrogens with zero attached hydrogens (tertiary/aromatic N) is 1. The minimum Gasteiger partial charge on any atom is -0.360 e. The lowest BCUT2D eigenvalue weighted by atomic mass is 10.1. The molecule has 25 heavy (non-hydrogen) atoms. The van der Waals surface area contributed by atoms with Crippen LogP contribution in [0, 0.1) is 0 Å². The first-order chi connectivity index (χ1) is 12.3. The van der Waals surface area contributed by atoms with E-state index >= 15 is 0 Å². The number of nitrogens with one attached hydrogen (secondary N) is 1. The van der Waals surface area contributed by atoms with Gasteiger partial charge in [-0.1, -0.05) is 48.2 Å². The van der Waals surface area contributed by atoms with Gasteiger partial charge in [-0.15, -0.1) is 0 Å². The molecule has 0 saturated carbocycles. The third-order valence-electron chi connectivity index (χ3n) is 4.45. The summed E-state index contributed by atoms with van der Waals surface area (Å²) in [6.07, 6.45) is 2.53. The van der Waals surface area contributed by atoms with Crippen molar-refractivity contribution in [2.75, 3.05) is 24.6 Å². The van der Waals surface area contributed by atoms with Gasteiger partial charge in [-0.3, -0.25) is 4.79 Å². The van der Waals surface area contributed by atoms with Crippen LogP contribution in [0.3, 0.4) is 0 Å². The van der Waals surface area contributed by atoms with Crippen molar-refractivity contribution in [2.45, 2.75) is 16.2 Å². The average Bonchev–Trinajstić information content (AvgIpc) is 3.07. The van der Waals surface area contributed by atoms with E-state index in [2.05, 4.69) is 41.5 Å². The van der Waals surface area contributed by atoms with Crippen molar-refractivity contribution in [1.29, 1.82) is 0 Å². The number of benzene rings is 2. The molecule has 1 aromatic heterocycles. The maximum Gasteiger partial charge on any atom is 0.227 e. The zero-order valence-electron chi connectivity index (χ0n) is 13.9. The molecule has 0 unspecified atom stereocenters. The number of carbonyl (C=O) groups is 1. The number of hydrogen-bond donors (Lipinski definition) is 1. The zero-order chi connectivity index (χ0) is 17.1. The predicted octanol–water partition coefficient (Wildman–Crippen LogP) is 4.44. The van der Waals surface area contributed by atoms with Crippen LogP contribution in [0.5, 0.6) is 0 Å². The molecule has 128 valence electrons. The average molecular weight is 369 g/mol. The molecule has 1 N–H and O–H groups in total. The first-order valence-electron chi connectivity index (χ1n) is 8.48. The maximum absolute atomic E-state index is 12.6. The minimum absolute atomic E-state index is 0.243. The lowest BCUT2D eigenvalue weighted by molar-refractivity contribution is -0.130. The Bertz CT molecular complexity index is 884. The first-order valence-corrected chi connectivity index (χ1v) is 10.5. The van der Waals surface area contributed by atoms with E-state index in [-0.39, 0.29) is 5.91 Å². The van der Waals surface area contributed by atoms with E-state index in [9.17, 15) is 4.79 Å². The molecule has 0 atom stereocenters. The monoisotopic (exact) mass is 368 g/mol. The summed E-state index contributed by atoms with van der Waals surface area (Å²) in [5.74, 6) is 2.35. The lowest BCUT2D eigenvalue weighted by Crippen LogP contribution is -2.38. The molecule has 0 aliphatic carbocycles. The first kappa shape index (κ1) is 16.6. The standard InChI is InChI=1S/C20H20N2OS2/c23-20(22-9-11-24-12-10-22)13-15-5-1-4-8-18(15)25-19-14-21-17-7-3-2-6-16(17)19/h1-8,14,21H,9-13H2. The normalized spacial score (nSPS) is 14.8. The third kappa shape index (κ3) is 3.72. The molecule has 1 amide bonds. The van der Waals surface area contributed by atoms with Gasteiger partial charge in [-0.2, -0.15) is 11.8 Å². The molecule has 1 fully saturated rings. The second-order valence-electron chi connectivity index (χ2n) is 6.08. The molecule has 0 radical (unpaired) electrons. The quantitative estimate of drug-likeness (QED) is 0.740. The molecule has 2 aromatic carbocycles. The molecule has 3 nitrogen and oxygen atoms in total. The van der Waals surface area contributed by atoms with Crippen molar-refractivity contribution < 1.29 is 4.79 Å². The van der Waals surface area contributed by atoms with Gasteiger partial charge in [0.15, 0.2) is 0 Å². The fourth-order valence-corrected chi connectivity index (χ4v) is 5.05. The fraction of sp³-hybridized carbons (Fsp3) is 0.250. The van der Waals surface area contributed by atoms with Crippen LogP contribution in [-0.4, -0.2) is 40.4 Å².